The smallest absolute Gasteiger partial charge is 0.316 e. The van der Waals surface area contributed by atoms with Crippen LogP contribution in [0.4, 0.5) is 0 Å². The molecule has 0 saturated heterocycles. The summed E-state index contributed by atoms with van der Waals surface area (Å²) >= 11 is 0. The van der Waals surface area contributed by atoms with Gasteiger partial charge in [-0.05, 0) is 18.6 Å². The van der Waals surface area contributed by atoms with Gasteiger partial charge < -0.3 is 9.30 Å². The van der Waals surface area contributed by atoms with Gasteiger partial charge in [-0.25, -0.2) is 0 Å². The third-order valence-electron chi connectivity index (χ3n) is 3.51. The summed E-state index contributed by atoms with van der Waals surface area (Å²) in [6.45, 7) is 0.675. The molecule has 0 aliphatic carbocycles. The lowest BCUT2D eigenvalue weighted by molar-refractivity contribution is -0.144. The molecule has 92 valence electrons. The molecule has 3 rings (SSSR count). The van der Waals surface area contributed by atoms with Gasteiger partial charge in [0.25, 0.3) is 0 Å². The molecular weight excluding hydrogens is 230 g/mol. The van der Waals surface area contributed by atoms with Gasteiger partial charge in [-0.2, -0.15) is 0 Å². The van der Waals surface area contributed by atoms with Crippen molar-refractivity contribution in [3.8, 4) is 0 Å². The molecule has 1 aliphatic heterocycles. The average molecular weight is 243 g/mol. The van der Waals surface area contributed by atoms with Crippen molar-refractivity contribution in [1.82, 2.24) is 4.57 Å². The van der Waals surface area contributed by atoms with Crippen molar-refractivity contribution in [2.75, 3.05) is 7.11 Å². The van der Waals surface area contributed by atoms with Crippen LogP contribution in [-0.4, -0.2) is 23.4 Å². The molecule has 1 aromatic heterocycles. The predicted octanol–water partition coefficient (Wildman–Crippen LogP) is 2.02. The second kappa shape index (κ2) is 3.98. The zero-order chi connectivity index (χ0) is 12.7. The number of ketones is 1. The van der Waals surface area contributed by atoms with Crippen LogP contribution in [0.15, 0.2) is 30.3 Å². The number of para-hydroxylation sites is 1. The molecule has 2 aromatic rings. The van der Waals surface area contributed by atoms with Crippen LogP contribution in [0.5, 0.6) is 0 Å². The second-order valence-corrected chi connectivity index (χ2v) is 4.47. The molecule has 0 bridgehead atoms. The monoisotopic (exact) mass is 243 g/mol. The number of hydrogen-bond donors (Lipinski definition) is 0. The number of carbonyl (C=O) groups is 2. The summed E-state index contributed by atoms with van der Waals surface area (Å²) in [5.41, 5.74) is 1.65. The second-order valence-electron chi connectivity index (χ2n) is 4.47. The highest BCUT2D eigenvalue weighted by molar-refractivity contribution is 6.10. The van der Waals surface area contributed by atoms with Crippen LogP contribution in [0.3, 0.4) is 0 Å². The van der Waals surface area contributed by atoms with E-state index in [-0.39, 0.29) is 5.78 Å². The van der Waals surface area contributed by atoms with E-state index >= 15 is 0 Å². The first-order valence-electron chi connectivity index (χ1n) is 5.92. The van der Waals surface area contributed by atoms with E-state index in [4.69, 9.17) is 0 Å². The lowest BCUT2D eigenvalue weighted by Crippen LogP contribution is -2.32. The number of ether oxygens (including phenoxy) is 1. The molecule has 4 nitrogen and oxygen atoms in total. The van der Waals surface area contributed by atoms with Crippen LogP contribution >= 0.6 is 0 Å². The molecule has 4 heteroatoms. The Morgan fingerprint density at radius 1 is 1.39 bits per heavy atom. The molecule has 0 N–H and O–H groups in total. The highest BCUT2D eigenvalue weighted by Crippen LogP contribution is 2.28. The van der Waals surface area contributed by atoms with E-state index in [0.29, 0.717) is 18.7 Å². The Morgan fingerprint density at radius 2 is 2.17 bits per heavy atom. The first-order chi connectivity index (χ1) is 8.72. The van der Waals surface area contributed by atoms with E-state index in [1.165, 1.54) is 7.11 Å². The van der Waals surface area contributed by atoms with E-state index < -0.39 is 11.9 Å². The lowest BCUT2D eigenvalue weighted by atomic mass is 9.95. The standard InChI is InChI=1S/C14H13NO3/c1-18-14(17)10-6-7-15-11-5-3-2-4-9(11)8-12(15)13(10)16/h2-5,8,10H,6-7H2,1H3. The summed E-state index contributed by atoms with van der Waals surface area (Å²) in [4.78, 5) is 23.8. The largest absolute Gasteiger partial charge is 0.468 e. The van der Waals surface area contributed by atoms with Crippen LogP contribution in [0.25, 0.3) is 10.9 Å². The van der Waals surface area contributed by atoms with Crippen molar-refractivity contribution in [1.29, 1.82) is 0 Å². The van der Waals surface area contributed by atoms with Gasteiger partial charge >= 0.3 is 5.97 Å². The normalized spacial score (nSPS) is 18.7. The molecule has 0 saturated carbocycles. The Kier molecular flexibility index (Phi) is 2.44. The highest BCUT2D eigenvalue weighted by atomic mass is 16.5. The zero-order valence-corrected chi connectivity index (χ0v) is 10.1. The van der Waals surface area contributed by atoms with E-state index in [1.54, 1.807) is 0 Å². The molecule has 18 heavy (non-hydrogen) atoms. The summed E-state index contributed by atoms with van der Waals surface area (Å²) in [6.07, 6.45) is 0.511. The third kappa shape index (κ3) is 1.45. The van der Waals surface area contributed by atoms with Crippen LogP contribution in [0.1, 0.15) is 16.9 Å². The quantitative estimate of drug-likeness (QED) is 0.568. The fourth-order valence-corrected chi connectivity index (χ4v) is 2.59. The van der Waals surface area contributed by atoms with Gasteiger partial charge in [-0.1, -0.05) is 18.2 Å². The number of aryl methyl sites for hydroxylation is 1. The van der Waals surface area contributed by atoms with Gasteiger partial charge in [0.2, 0.25) is 0 Å². The third-order valence-corrected chi connectivity index (χ3v) is 3.51. The first-order valence-corrected chi connectivity index (χ1v) is 5.92. The zero-order valence-electron chi connectivity index (χ0n) is 10.1. The van der Waals surface area contributed by atoms with Crippen molar-refractivity contribution in [2.45, 2.75) is 13.0 Å². The number of Topliss-reactive ketones (excluding diaryl/α,β-unsaturated/α-hetero) is 1. The van der Waals surface area contributed by atoms with Crippen molar-refractivity contribution in [3.63, 3.8) is 0 Å². The van der Waals surface area contributed by atoms with E-state index in [0.717, 1.165) is 10.9 Å². The van der Waals surface area contributed by atoms with Gasteiger partial charge in [0.05, 0.1) is 12.8 Å². The maximum atomic E-state index is 12.3. The molecule has 1 unspecified atom stereocenters. The number of benzene rings is 1. The Bertz CT molecular complexity index is 642. The van der Waals surface area contributed by atoms with Crippen molar-refractivity contribution < 1.29 is 14.3 Å². The molecule has 1 aliphatic rings. The SMILES string of the molecule is COC(=O)C1CCn2c(cc3ccccc32)C1=O. The Morgan fingerprint density at radius 3 is 2.94 bits per heavy atom. The average Bonchev–Trinajstić information content (AvgIpc) is 2.78. The predicted molar refractivity (Wildman–Crippen MR) is 66.4 cm³/mol. The minimum Gasteiger partial charge on any atom is -0.468 e. The minimum absolute atomic E-state index is 0.135. The van der Waals surface area contributed by atoms with Crippen molar-refractivity contribution >= 4 is 22.7 Å². The number of carbonyl (C=O) groups excluding carboxylic acids is 2. The Hall–Kier alpha value is -2.10. The maximum absolute atomic E-state index is 12.3. The number of esters is 1. The lowest BCUT2D eigenvalue weighted by Gasteiger charge is -2.21. The number of aromatic nitrogens is 1. The van der Waals surface area contributed by atoms with E-state index in [2.05, 4.69) is 4.74 Å². The van der Waals surface area contributed by atoms with Crippen LogP contribution in [0, 0.1) is 5.92 Å². The van der Waals surface area contributed by atoms with Gasteiger partial charge in [0.15, 0.2) is 5.78 Å². The summed E-state index contributed by atoms with van der Waals surface area (Å²) < 4.78 is 6.66. The number of hydrogen-bond acceptors (Lipinski definition) is 3. The Balaban J connectivity index is 2.11. The van der Waals surface area contributed by atoms with Crippen molar-refractivity contribution in [2.24, 2.45) is 5.92 Å². The van der Waals surface area contributed by atoms with Gasteiger partial charge in [0.1, 0.15) is 5.92 Å². The summed E-state index contributed by atoms with van der Waals surface area (Å²) in [6, 6.07) is 9.71. The molecule has 1 atom stereocenters. The molecule has 0 amide bonds. The van der Waals surface area contributed by atoms with Crippen molar-refractivity contribution in [3.05, 3.63) is 36.0 Å². The molecule has 1 aromatic carbocycles. The highest BCUT2D eigenvalue weighted by Gasteiger charge is 2.34. The van der Waals surface area contributed by atoms with E-state index in [9.17, 15) is 9.59 Å². The number of rotatable bonds is 1. The maximum Gasteiger partial charge on any atom is 0.316 e. The summed E-state index contributed by atoms with van der Waals surface area (Å²) in [7, 11) is 1.32. The van der Waals surface area contributed by atoms with Crippen LogP contribution in [0.2, 0.25) is 0 Å². The fraction of sp³-hybridized carbons (Fsp3) is 0.286. The number of nitrogens with zero attached hydrogens (tertiary/aromatic N) is 1. The number of methoxy groups -OCH3 is 1. The molecule has 0 radical (unpaired) electrons. The Labute approximate surface area is 104 Å². The minimum atomic E-state index is -0.646. The van der Waals surface area contributed by atoms with Crippen LogP contribution < -0.4 is 0 Å². The summed E-state index contributed by atoms with van der Waals surface area (Å²) in [5, 5.41) is 1.03. The van der Waals surface area contributed by atoms with Gasteiger partial charge in [-0.15, -0.1) is 0 Å². The van der Waals surface area contributed by atoms with Gasteiger partial charge in [0, 0.05) is 17.4 Å². The van der Waals surface area contributed by atoms with Crippen LogP contribution in [-0.2, 0) is 16.1 Å². The molecular formula is C14H13NO3. The molecule has 0 fully saturated rings. The molecule has 0 spiro atoms. The summed E-state index contributed by atoms with van der Waals surface area (Å²) in [5.74, 6) is -1.22. The van der Waals surface area contributed by atoms with Gasteiger partial charge in [-0.3, -0.25) is 9.59 Å². The fourth-order valence-electron chi connectivity index (χ4n) is 2.59. The molecule has 2 heterocycles. The number of fused-ring (bicyclic) bond motifs is 3. The first kappa shape index (κ1) is 11.0. The topological polar surface area (TPSA) is 48.3 Å². The van der Waals surface area contributed by atoms with E-state index in [1.807, 2.05) is 34.9 Å².